The molecule has 0 saturated heterocycles. The van der Waals surface area contributed by atoms with Crippen LogP contribution in [0.15, 0.2) is 29.4 Å². The molecule has 0 saturated carbocycles. The second-order valence-electron chi connectivity index (χ2n) is 5.17. The lowest BCUT2D eigenvalue weighted by atomic mass is 10.1. The average molecular weight is 302 g/mol. The standard InChI is InChI=1S/C15H18N4O3/c1-10-3-5-11(6-4-10)16-14(21)9-19(2)15(22)12-7-8-13(20)18-17-12/h3-6H,7-9H2,1-2H3,(H,16,21)(H,18,20). The van der Waals surface area contributed by atoms with E-state index in [1.807, 2.05) is 19.1 Å². The number of rotatable bonds is 4. The van der Waals surface area contributed by atoms with Crippen molar-refractivity contribution >= 4 is 29.1 Å². The molecule has 0 radical (unpaired) electrons. The summed E-state index contributed by atoms with van der Waals surface area (Å²) in [6, 6.07) is 7.39. The Morgan fingerprint density at radius 1 is 1.27 bits per heavy atom. The fourth-order valence-electron chi connectivity index (χ4n) is 1.97. The van der Waals surface area contributed by atoms with Gasteiger partial charge in [-0.1, -0.05) is 17.7 Å². The minimum atomic E-state index is -0.362. The number of carbonyl (C=O) groups excluding carboxylic acids is 3. The van der Waals surface area contributed by atoms with Crippen LogP contribution in [0.5, 0.6) is 0 Å². The topological polar surface area (TPSA) is 90.9 Å². The van der Waals surface area contributed by atoms with Gasteiger partial charge >= 0.3 is 0 Å². The molecule has 1 aromatic carbocycles. The maximum absolute atomic E-state index is 12.1. The van der Waals surface area contributed by atoms with Crippen LogP contribution in [0.1, 0.15) is 18.4 Å². The molecule has 3 amide bonds. The van der Waals surface area contributed by atoms with Gasteiger partial charge < -0.3 is 10.2 Å². The van der Waals surface area contributed by atoms with Crippen molar-refractivity contribution < 1.29 is 14.4 Å². The van der Waals surface area contributed by atoms with Gasteiger partial charge in [-0.05, 0) is 19.1 Å². The Morgan fingerprint density at radius 3 is 2.55 bits per heavy atom. The summed E-state index contributed by atoms with van der Waals surface area (Å²) in [5.41, 5.74) is 4.30. The molecule has 0 aliphatic carbocycles. The second-order valence-corrected chi connectivity index (χ2v) is 5.17. The number of amides is 3. The van der Waals surface area contributed by atoms with Gasteiger partial charge in [-0.15, -0.1) is 0 Å². The lowest BCUT2D eigenvalue weighted by molar-refractivity contribution is -0.128. The van der Waals surface area contributed by atoms with Crippen molar-refractivity contribution in [1.82, 2.24) is 10.3 Å². The minimum absolute atomic E-state index is 0.0837. The van der Waals surface area contributed by atoms with Crippen LogP contribution in [0.4, 0.5) is 5.69 Å². The maximum atomic E-state index is 12.1. The summed E-state index contributed by atoms with van der Waals surface area (Å²) in [6.07, 6.45) is 0.516. The average Bonchev–Trinajstić information content (AvgIpc) is 2.49. The molecule has 22 heavy (non-hydrogen) atoms. The minimum Gasteiger partial charge on any atom is -0.331 e. The molecule has 1 aromatic rings. The molecular formula is C15H18N4O3. The van der Waals surface area contributed by atoms with E-state index in [-0.39, 0.29) is 42.8 Å². The molecular weight excluding hydrogens is 284 g/mol. The predicted molar refractivity (Wildman–Crippen MR) is 82.3 cm³/mol. The van der Waals surface area contributed by atoms with Gasteiger partial charge in [0.25, 0.3) is 5.91 Å². The van der Waals surface area contributed by atoms with E-state index in [2.05, 4.69) is 15.8 Å². The smallest absolute Gasteiger partial charge is 0.270 e. The highest BCUT2D eigenvalue weighted by molar-refractivity contribution is 6.39. The van der Waals surface area contributed by atoms with Crippen molar-refractivity contribution in [3.05, 3.63) is 29.8 Å². The van der Waals surface area contributed by atoms with Crippen LogP contribution in [-0.4, -0.2) is 41.9 Å². The highest BCUT2D eigenvalue weighted by Crippen LogP contribution is 2.08. The van der Waals surface area contributed by atoms with Crippen molar-refractivity contribution in [3.8, 4) is 0 Å². The molecule has 2 N–H and O–H groups in total. The molecule has 0 spiro atoms. The molecule has 0 fully saturated rings. The van der Waals surface area contributed by atoms with Crippen molar-refractivity contribution in [1.29, 1.82) is 0 Å². The number of anilines is 1. The van der Waals surface area contributed by atoms with Gasteiger partial charge in [-0.3, -0.25) is 14.4 Å². The summed E-state index contributed by atoms with van der Waals surface area (Å²) >= 11 is 0. The van der Waals surface area contributed by atoms with Crippen LogP contribution in [0, 0.1) is 6.92 Å². The third kappa shape index (κ3) is 4.15. The first kappa shape index (κ1) is 15.7. The Hall–Kier alpha value is -2.70. The number of benzene rings is 1. The Kier molecular flexibility index (Phi) is 4.88. The summed E-state index contributed by atoms with van der Waals surface area (Å²) < 4.78 is 0. The van der Waals surface area contributed by atoms with E-state index in [4.69, 9.17) is 0 Å². The molecule has 116 valence electrons. The number of hydrogen-bond acceptors (Lipinski definition) is 4. The van der Waals surface area contributed by atoms with Gasteiger partial charge in [0, 0.05) is 25.6 Å². The Labute approximate surface area is 128 Å². The molecule has 0 bridgehead atoms. The summed E-state index contributed by atoms with van der Waals surface area (Å²) in [5, 5.41) is 6.45. The van der Waals surface area contributed by atoms with Crippen LogP contribution < -0.4 is 10.7 Å². The molecule has 7 heteroatoms. The molecule has 0 aromatic heterocycles. The van der Waals surface area contributed by atoms with E-state index in [1.54, 1.807) is 12.1 Å². The zero-order valence-electron chi connectivity index (χ0n) is 12.5. The zero-order chi connectivity index (χ0) is 16.1. The van der Waals surface area contributed by atoms with E-state index >= 15 is 0 Å². The SMILES string of the molecule is Cc1ccc(NC(=O)CN(C)C(=O)C2=NNC(=O)CC2)cc1. The molecule has 0 unspecified atom stereocenters. The largest absolute Gasteiger partial charge is 0.331 e. The van der Waals surface area contributed by atoms with Crippen LogP contribution >= 0.6 is 0 Å². The van der Waals surface area contributed by atoms with Gasteiger partial charge in [0.1, 0.15) is 5.71 Å². The first-order chi connectivity index (χ1) is 10.5. The molecule has 1 heterocycles. The number of carbonyl (C=O) groups is 3. The fourth-order valence-corrected chi connectivity index (χ4v) is 1.97. The van der Waals surface area contributed by atoms with Crippen molar-refractivity contribution in [2.24, 2.45) is 5.10 Å². The third-order valence-electron chi connectivity index (χ3n) is 3.21. The zero-order valence-corrected chi connectivity index (χ0v) is 12.5. The quantitative estimate of drug-likeness (QED) is 0.856. The van der Waals surface area contributed by atoms with Gasteiger partial charge in [0.05, 0.1) is 6.54 Å². The van der Waals surface area contributed by atoms with E-state index in [0.717, 1.165) is 5.56 Å². The Morgan fingerprint density at radius 2 is 1.95 bits per heavy atom. The van der Waals surface area contributed by atoms with Crippen LogP contribution in [0.25, 0.3) is 0 Å². The Bertz CT molecular complexity index is 622. The predicted octanol–water partition coefficient (Wildman–Crippen LogP) is 0.658. The molecule has 7 nitrogen and oxygen atoms in total. The highest BCUT2D eigenvalue weighted by Gasteiger charge is 2.22. The summed E-state index contributed by atoms with van der Waals surface area (Å²) in [5.74, 6) is -0.865. The number of hydrazone groups is 1. The fraction of sp³-hybridized carbons (Fsp3) is 0.333. The highest BCUT2D eigenvalue weighted by atomic mass is 16.2. The number of likely N-dealkylation sites (N-methyl/N-ethyl adjacent to an activating group) is 1. The van der Waals surface area contributed by atoms with Gasteiger partial charge in [0.15, 0.2) is 0 Å². The summed E-state index contributed by atoms with van der Waals surface area (Å²) in [4.78, 5) is 36.3. The normalized spacial score (nSPS) is 13.9. The van der Waals surface area contributed by atoms with Crippen molar-refractivity contribution in [2.45, 2.75) is 19.8 Å². The van der Waals surface area contributed by atoms with Crippen LogP contribution in [-0.2, 0) is 14.4 Å². The van der Waals surface area contributed by atoms with E-state index in [9.17, 15) is 14.4 Å². The monoisotopic (exact) mass is 302 g/mol. The van der Waals surface area contributed by atoms with E-state index in [1.165, 1.54) is 11.9 Å². The number of hydrogen-bond donors (Lipinski definition) is 2. The van der Waals surface area contributed by atoms with Gasteiger partial charge in [0.2, 0.25) is 11.8 Å². The van der Waals surface area contributed by atoms with E-state index in [0.29, 0.717) is 5.69 Å². The van der Waals surface area contributed by atoms with Crippen LogP contribution in [0.3, 0.4) is 0 Å². The van der Waals surface area contributed by atoms with Crippen molar-refractivity contribution in [2.75, 3.05) is 18.9 Å². The third-order valence-corrected chi connectivity index (χ3v) is 3.21. The maximum Gasteiger partial charge on any atom is 0.270 e. The van der Waals surface area contributed by atoms with E-state index < -0.39 is 0 Å². The molecule has 1 aliphatic rings. The molecule has 2 rings (SSSR count). The molecule has 0 atom stereocenters. The number of nitrogens with one attached hydrogen (secondary N) is 2. The lowest BCUT2D eigenvalue weighted by Gasteiger charge is -2.19. The molecule has 1 aliphatic heterocycles. The summed E-state index contributed by atoms with van der Waals surface area (Å²) in [6.45, 7) is 1.88. The number of aryl methyl sites for hydroxylation is 1. The summed E-state index contributed by atoms with van der Waals surface area (Å²) in [7, 11) is 1.52. The van der Waals surface area contributed by atoms with Crippen LogP contribution in [0.2, 0.25) is 0 Å². The first-order valence-electron chi connectivity index (χ1n) is 6.93. The number of nitrogens with zero attached hydrogens (tertiary/aromatic N) is 2. The van der Waals surface area contributed by atoms with Crippen molar-refractivity contribution in [3.63, 3.8) is 0 Å². The van der Waals surface area contributed by atoms with Gasteiger partial charge in [-0.2, -0.15) is 5.10 Å². The Balaban J connectivity index is 1.89. The van der Waals surface area contributed by atoms with Gasteiger partial charge in [-0.25, -0.2) is 5.43 Å². The lowest BCUT2D eigenvalue weighted by Crippen LogP contribution is -2.41. The second kappa shape index (κ2) is 6.84. The first-order valence-corrected chi connectivity index (χ1v) is 6.93.